The lowest BCUT2D eigenvalue weighted by molar-refractivity contribution is -0.233. The summed E-state index contributed by atoms with van der Waals surface area (Å²) in [5, 5.41) is 0. The number of ketones is 1. The van der Waals surface area contributed by atoms with E-state index in [1.54, 1.807) is 17.7 Å². The first kappa shape index (κ1) is 19.0. The van der Waals surface area contributed by atoms with Gasteiger partial charge in [-0.1, -0.05) is 6.07 Å². The quantitative estimate of drug-likeness (QED) is 0.552. The zero-order valence-corrected chi connectivity index (χ0v) is 16.6. The molecule has 7 nitrogen and oxygen atoms in total. The molecule has 0 spiro atoms. The molecule has 3 fully saturated rings. The first-order valence-corrected chi connectivity index (χ1v) is 9.64. The maximum absolute atomic E-state index is 12.9. The fourth-order valence-corrected chi connectivity index (χ4v) is 4.68. The van der Waals surface area contributed by atoms with Crippen LogP contribution in [0.3, 0.4) is 0 Å². The second-order valence-electron chi connectivity index (χ2n) is 8.15. The Labute approximate surface area is 171 Å². The lowest BCUT2D eigenvalue weighted by Gasteiger charge is -2.68. The van der Waals surface area contributed by atoms with Gasteiger partial charge >= 0.3 is 0 Å². The van der Waals surface area contributed by atoms with Crippen LogP contribution in [-0.4, -0.2) is 45.0 Å². The van der Waals surface area contributed by atoms with Crippen LogP contribution in [0.25, 0.3) is 5.78 Å². The smallest absolute Gasteiger partial charge is 0.280 e. The Morgan fingerprint density at radius 1 is 1.17 bits per heavy atom. The lowest BCUT2D eigenvalue weighted by atomic mass is 9.40. The topological polar surface area (TPSA) is 78.6 Å². The fourth-order valence-electron chi connectivity index (χ4n) is 4.68. The maximum atomic E-state index is 12.9. The van der Waals surface area contributed by atoms with Gasteiger partial charge in [0, 0.05) is 36.9 Å². The minimum atomic E-state index is -2.73. The number of rotatable bonds is 7. The Bertz CT molecular complexity index is 1140. The molecule has 3 aromatic heterocycles. The molecule has 2 bridgehead atoms. The van der Waals surface area contributed by atoms with Crippen LogP contribution in [0.4, 0.5) is 8.78 Å². The molecule has 0 unspecified atom stereocenters. The van der Waals surface area contributed by atoms with Crippen molar-refractivity contribution in [1.29, 1.82) is 0 Å². The van der Waals surface area contributed by atoms with Crippen molar-refractivity contribution in [3.05, 3.63) is 53.2 Å². The van der Waals surface area contributed by atoms with Gasteiger partial charge in [-0.2, -0.15) is 4.98 Å². The molecule has 30 heavy (non-hydrogen) atoms. The highest BCUT2D eigenvalue weighted by Gasteiger charge is 2.70. The minimum absolute atomic E-state index is 0.0122. The van der Waals surface area contributed by atoms with E-state index in [0.717, 1.165) is 25.0 Å². The molecule has 0 N–H and O–H groups in total. The number of alkyl halides is 2. The third-order valence-corrected chi connectivity index (χ3v) is 6.27. The average molecular weight is 414 g/mol. The minimum Gasteiger partial charge on any atom is -0.481 e. The fraction of sp³-hybridized carbons (Fsp3) is 0.429. The summed E-state index contributed by atoms with van der Waals surface area (Å²) in [6.45, 7) is 0. The van der Waals surface area contributed by atoms with Gasteiger partial charge in [0.25, 0.3) is 6.43 Å². The van der Waals surface area contributed by atoms with Crippen LogP contribution in [0.15, 0.2) is 30.6 Å². The molecular formula is C21H20F2N4O3. The molecule has 0 aromatic carbocycles. The zero-order valence-electron chi connectivity index (χ0n) is 16.6. The van der Waals surface area contributed by atoms with E-state index in [1.807, 2.05) is 6.20 Å². The number of halogens is 2. The number of carbonyl (C=O) groups is 1. The third-order valence-electron chi connectivity index (χ3n) is 6.27. The first-order chi connectivity index (χ1) is 14.4. The number of pyridine rings is 1. The van der Waals surface area contributed by atoms with Crippen molar-refractivity contribution < 1.29 is 23.0 Å². The molecule has 0 aliphatic heterocycles. The Kier molecular flexibility index (Phi) is 4.15. The van der Waals surface area contributed by atoms with Gasteiger partial charge in [0.2, 0.25) is 11.7 Å². The van der Waals surface area contributed by atoms with Crippen LogP contribution in [0.1, 0.15) is 53.1 Å². The molecule has 3 heterocycles. The number of nitrogens with zero attached hydrogens (tertiary/aromatic N) is 4. The van der Waals surface area contributed by atoms with Gasteiger partial charge in [-0.15, -0.1) is 0 Å². The summed E-state index contributed by atoms with van der Waals surface area (Å²) in [7, 11) is 3.21. The Morgan fingerprint density at radius 2 is 1.93 bits per heavy atom. The molecular weight excluding hydrogens is 394 g/mol. The standard InChI is InChI=1S/C21H20F2N4O3/c1-29-18-12(6-15(28)13-4-3-5-14(24-13)17(22)23)7-27-8-16(25-19(27)26-18)20-9-21(10-20,11-20)30-2/h3-5,7-8,17H,6,9-11H2,1-2H3. The SMILES string of the molecule is COc1nc2nc(C34CC(OC)(C3)C4)cn2cc1CC(=O)c1cccc(C(F)F)n1. The molecule has 0 atom stereocenters. The summed E-state index contributed by atoms with van der Waals surface area (Å²) >= 11 is 0. The Balaban J connectivity index is 1.43. The highest BCUT2D eigenvalue weighted by atomic mass is 19.3. The van der Waals surface area contributed by atoms with Crippen molar-refractivity contribution in [2.75, 3.05) is 14.2 Å². The van der Waals surface area contributed by atoms with E-state index in [9.17, 15) is 13.6 Å². The third kappa shape index (κ3) is 2.79. The van der Waals surface area contributed by atoms with Crippen molar-refractivity contribution in [2.45, 2.75) is 43.1 Å². The lowest BCUT2D eigenvalue weighted by Crippen LogP contribution is -2.70. The second kappa shape index (κ2) is 6.53. The summed E-state index contributed by atoms with van der Waals surface area (Å²) in [4.78, 5) is 25.5. The highest BCUT2D eigenvalue weighted by molar-refractivity contribution is 5.96. The number of ether oxygens (including phenoxy) is 2. The summed E-state index contributed by atoms with van der Waals surface area (Å²) in [5.74, 6) is 0.384. The monoisotopic (exact) mass is 414 g/mol. The van der Waals surface area contributed by atoms with Gasteiger partial charge in [-0.05, 0) is 31.4 Å². The van der Waals surface area contributed by atoms with Crippen molar-refractivity contribution in [1.82, 2.24) is 19.4 Å². The molecule has 6 rings (SSSR count). The average Bonchev–Trinajstić information content (AvgIpc) is 3.08. The Morgan fingerprint density at radius 3 is 2.60 bits per heavy atom. The number of hydrogen-bond acceptors (Lipinski definition) is 6. The number of imidazole rings is 1. The summed E-state index contributed by atoms with van der Waals surface area (Å²) in [6.07, 6.45) is 3.74. The summed E-state index contributed by atoms with van der Waals surface area (Å²) in [5.41, 5.74) is 1.12. The molecule has 0 amide bonds. The van der Waals surface area contributed by atoms with E-state index in [0.29, 0.717) is 11.3 Å². The molecule has 0 radical (unpaired) electrons. The van der Waals surface area contributed by atoms with E-state index < -0.39 is 17.9 Å². The van der Waals surface area contributed by atoms with Crippen molar-refractivity contribution in [3.8, 4) is 5.88 Å². The van der Waals surface area contributed by atoms with Gasteiger partial charge in [0.05, 0.1) is 18.4 Å². The van der Waals surface area contributed by atoms with Gasteiger partial charge in [0.15, 0.2) is 5.78 Å². The van der Waals surface area contributed by atoms with Crippen molar-refractivity contribution in [2.24, 2.45) is 0 Å². The zero-order chi connectivity index (χ0) is 21.1. The number of methoxy groups -OCH3 is 2. The maximum Gasteiger partial charge on any atom is 0.280 e. The largest absolute Gasteiger partial charge is 0.481 e. The number of fused-ring (bicyclic) bond motifs is 1. The van der Waals surface area contributed by atoms with Crippen LogP contribution in [-0.2, 0) is 16.6 Å². The summed E-state index contributed by atoms with van der Waals surface area (Å²) in [6, 6.07) is 4.02. The number of hydrogen-bond donors (Lipinski definition) is 0. The molecule has 3 saturated carbocycles. The predicted octanol–water partition coefficient (Wildman–Crippen LogP) is 3.32. The van der Waals surface area contributed by atoms with Crippen LogP contribution in [0.5, 0.6) is 5.88 Å². The van der Waals surface area contributed by atoms with Crippen LogP contribution in [0, 0.1) is 0 Å². The molecule has 9 heteroatoms. The highest BCUT2D eigenvalue weighted by Crippen LogP contribution is 2.69. The molecule has 156 valence electrons. The van der Waals surface area contributed by atoms with E-state index in [4.69, 9.17) is 9.47 Å². The second-order valence-corrected chi connectivity index (χ2v) is 8.15. The predicted molar refractivity (Wildman–Crippen MR) is 102 cm³/mol. The van der Waals surface area contributed by atoms with E-state index in [-0.39, 0.29) is 29.0 Å². The van der Waals surface area contributed by atoms with Crippen LogP contribution < -0.4 is 4.74 Å². The van der Waals surface area contributed by atoms with Crippen molar-refractivity contribution in [3.63, 3.8) is 0 Å². The normalized spacial score (nSPS) is 24.6. The molecule has 3 aliphatic rings. The van der Waals surface area contributed by atoms with Crippen LogP contribution in [0.2, 0.25) is 0 Å². The van der Waals surface area contributed by atoms with Gasteiger partial charge in [0.1, 0.15) is 11.4 Å². The summed E-state index contributed by atoms with van der Waals surface area (Å²) < 4.78 is 38.5. The van der Waals surface area contributed by atoms with Gasteiger partial charge in [-0.3, -0.25) is 9.20 Å². The van der Waals surface area contributed by atoms with E-state index in [2.05, 4.69) is 15.0 Å². The molecule has 3 aliphatic carbocycles. The Hall–Kier alpha value is -2.94. The van der Waals surface area contributed by atoms with Gasteiger partial charge < -0.3 is 9.47 Å². The van der Waals surface area contributed by atoms with E-state index >= 15 is 0 Å². The molecule has 3 aromatic rings. The van der Waals surface area contributed by atoms with E-state index in [1.165, 1.54) is 25.3 Å². The van der Waals surface area contributed by atoms with Crippen molar-refractivity contribution >= 4 is 11.6 Å². The van der Waals surface area contributed by atoms with Crippen LogP contribution >= 0.6 is 0 Å². The number of Topliss-reactive ketones (excluding diaryl/α,β-unsaturated/α-hetero) is 1. The number of carbonyl (C=O) groups excluding carboxylic acids is 1. The van der Waals surface area contributed by atoms with Gasteiger partial charge in [-0.25, -0.2) is 18.7 Å². The molecule has 0 saturated heterocycles. The first-order valence-electron chi connectivity index (χ1n) is 9.64. The number of aromatic nitrogens is 4.